The monoisotopic (exact) mass is 460 g/mol. The van der Waals surface area contributed by atoms with Gasteiger partial charge in [0.25, 0.3) is 0 Å². The Morgan fingerprint density at radius 2 is 1.81 bits per heavy atom. The first kappa shape index (κ1) is 22.2. The minimum absolute atomic E-state index is 0.532. The number of aliphatic hydroxyl groups excluding tert-OH is 1. The SMILES string of the molecule is CCc1ccc([C@@H]2O[C@H](SC)[C@@H](OC(C)=O)[C@H](O)[C@H]2OC(C)=O)cc1CBr. The van der Waals surface area contributed by atoms with E-state index in [1.165, 1.54) is 31.2 Å². The summed E-state index contributed by atoms with van der Waals surface area (Å²) in [4.78, 5) is 23.1. The van der Waals surface area contributed by atoms with E-state index < -0.39 is 41.8 Å². The minimum atomic E-state index is -1.20. The molecule has 5 atom stereocenters. The van der Waals surface area contributed by atoms with Gasteiger partial charge < -0.3 is 19.3 Å². The van der Waals surface area contributed by atoms with Gasteiger partial charge in [0.1, 0.15) is 17.6 Å². The molecule has 6 nitrogen and oxygen atoms in total. The Hall–Kier alpha value is -1.09. The standard InChI is InChI=1S/C19H25BrO6S/c1-5-12-6-7-13(8-14(12)9-20)16-17(24-10(2)21)15(23)18(25-11(3)22)19(26-16)27-4/h6-8,15-19,23H,5,9H2,1-4H3/t15-,16+,17-,18+,19-/m1/s1. The molecule has 0 radical (unpaired) electrons. The molecule has 0 saturated carbocycles. The third kappa shape index (κ3) is 5.25. The van der Waals surface area contributed by atoms with E-state index in [-0.39, 0.29) is 0 Å². The summed E-state index contributed by atoms with van der Waals surface area (Å²) in [5.41, 5.74) is 2.53. The lowest BCUT2D eigenvalue weighted by Crippen LogP contribution is -2.55. The maximum atomic E-state index is 11.6. The molecule has 1 aromatic rings. The van der Waals surface area contributed by atoms with Crippen molar-refractivity contribution in [2.24, 2.45) is 0 Å². The van der Waals surface area contributed by atoms with Crippen molar-refractivity contribution in [2.45, 2.75) is 62.4 Å². The van der Waals surface area contributed by atoms with E-state index >= 15 is 0 Å². The molecule has 2 rings (SSSR count). The predicted molar refractivity (Wildman–Crippen MR) is 107 cm³/mol. The first-order valence-corrected chi connectivity index (χ1v) is 11.1. The summed E-state index contributed by atoms with van der Waals surface area (Å²) in [5, 5.41) is 11.5. The van der Waals surface area contributed by atoms with E-state index in [1.54, 1.807) is 6.26 Å². The molecule has 1 N–H and O–H groups in total. The molecule has 0 spiro atoms. The molecule has 0 unspecified atom stereocenters. The lowest BCUT2D eigenvalue weighted by Gasteiger charge is -2.43. The fourth-order valence-corrected chi connectivity index (χ4v) is 4.45. The number of halogens is 1. The fourth-order valence-electron chi connectivity index (χ4n) is 3.22. The lowest BCUT2D eigenvalue weighted by atomic mass is 9.92. The number of carbonyl (C=O) groups excluding carboxylic acids is 2. The van der Waals surface area contributed by atoms with Gasteiger partial charge in [-0.25, -0.2) is 0 Å². The first-order valence-electron chi connectivity index (χ1n) is 8.70. The van der Waals surface area contributed by atoms with Crippen molar-refractivity contribution in [2.75, 3.05) is 6.26 Å². The molecule has 0 bridgehead atoms. The summed E-state index contributed by atoms with van der Waals surface area (Å²) in [6.07, 6.45) is -1.08. The van der Waals surface area contributed by atoms with Crippen molar-refractivity contribution in [1.29, 1.82) is 0 Å². The lowest BCUT2D eigenvalue weighted by molar-refractivity contribution is -0.224. The maximum absolute atomic E-state index is 11.6. The largest absolute Gasteiger partial charge is 0.456 e. The van der Waals surface area contributed by atoms with Crippen molar-refractivity contribution < 1.29 is 28.9 Å². The quantitative estimate of drug-likeness (QED) is 0.515. The zero-order chi connectivity index (χ0) is 20.1. The summed E-state index contributed by atoms with van der Waals surface area (Å²) in [6.45, 7) is 4.62. The molecule has 27 heavy (non-hydrogen) atoms. The topological polar surface area (TPSA) is 82.1 Å². The molecular formula is C19H25BrO6S. The van der Waals surface area contributed by atoms with Crippen molar-refractivity contribution >= 4 is 39.6 Å². The van der Waals surface area contributed by atoms with Crippen LogP contribution in [-0.2, 0) is 35.6 Å². The molecule has 1 fully saturated rings. The Morgan fingerprint density at radius 3 is 2.33 bits per heavy atom. The van der Waals surface area contributed by atoms with Crippen LogP contribution in [0.1, 0.15) is 43.6 Å². The molecule has 0 aliphatic carbocycles. The van der Waals surface area contributed by atoms with Gasteiger partial charge in [-0.3, -0.25) is 9.59 Å². The van der Waals surface area contributed by atoms with E-state index in [0.717, 1.165) is 17.5 Å². The molecule has 8 heteroatoms. The van der Waals surface area contributed by atoms with Crippen LogP contribution in [0.4, 0.5) is 0 Å². The van der Waals surface area contributed by atoms with E-state index in [2.05, 4.69) is 22.9 Å². The second kappa shape index (κ2) is 9.91. The summed E-state index contributed by atoms with van der Waals surface area (Å²) in [5.74, 6) is -1.07. The maximum Gasteiger partial charge on any atom is 0.303 e. The summed E-state index contributed by atoms with van der Waals surface area (Å²) in [6, 6.07) is 5.92. The highest BCUT2D eigenvalue weighted by molar-refractivity contribution is 9.08. The molecule has 1 heterocycles. The molecule has 1 aromatic carbocycles. The van der Waals surface area contributed by atoms with Crippen LogP contribution in [0.15, 0.2) is 18.2 Å². The minimum Gasteiger partial charge on any atom is -0.456 e. The van der Waals surface area contributed by atoms with Gasteiger partial charge in [-0.15, -0.1) is 11.8 Å². The van der Waals surface area contributed by atoms with Crippen LogP contribution in [0, 0.1) is 0 Å². The fraction of sp³-hybridized carbons (Fsp3) is 0.579. The molecule has 1 saturated heterocycles. The van der Waals surface area contributed by atoms with Crippen LogP contribution in [0.3, 0.4) is 0 Å². The highest BCUT2D eigenvalue weighted by Gasteiger charge is 2.49. The third-order valence-corrected chi connectivity index (χ3v) is 5.89. The van der Waals surface area contributed by atoms with Crippen LogP contribution in [-0.4, -0.2) is 47.0 Å². The van der Waals surface area contributed by atoms with Gasteiger partial charge in [0.05, 0.1) is 0 Å². The smallest absolute Gasteiger partial charge is 0.303 e. The van der Waals surface area contributed by atoms with Gasteiger partial charge in [-0.05, 0) is 29.4 Å². The average Bonchev–Trinajstić information content (AvgIpc) is 2.64. The molecule has 0 aromatic heterocycles. The highest BCUT2D eigenvalue weighted by Crippen LogP contribution is 2.39. The van der Waals surface area contributed by atoms with Crippen LogP contribution >= 0.6 is 27.7 Å². The molecule has 150 valence electrons. The number of ether oxygens (including phenoxy) is 3. The number of carbonyl (C=O) groups is 2. The zero-order valence-electron chi connectivity index (χ0n) is 15.8. The van der Waals surface area contributed by atoms with Gasteiger partial charge in [-0.2, -0.15) is 0 Å². The van der Waals surface area contributed by atoms with E-state index in [1.807, 2.05) is 18.2 Å². The van der Waals surface area contributed by atoms with Crippen molar-refractivity contribution in [1.82, 2.24) is 0 Å². The van der Waals surface area contributed by atoms with Crippen molar-refractivity contribution in [3.63, 3.8) is 0 Å². The summed E-state index contributed by atoms with van der Waals surface area (Å²) >= 11 is 4.83. The van der Waals surface area contributed by atoms with E-state index in [0.29, 0.717) is 5.33 Å². The number of hydrogen-bond acceptors (Lipinski definition) is 7. The van der Waals surface area contributed by atoms with Gasteiger partial charge in [0, 0.05) is 19.2 Å². The Balaban J connectivity index is 2.43. The number of aliphatic hydroxyl groups is 1. The number of esters is 2. The number of benzene rings is 1. The molecular weight excluding hydrogens is 436 g/mol. The third-order valence-electron chi connectivity index (χ3n) is 4.44. The number of rotatable bonds is 6. The van der Waals surface area contributed by atoms with E-state index in [9.17, 15) is 14.7 Å². The predicted octanol–water partition coefficient (Wildman–Crippen LogP) is 3.13. The average molecular weight is 461 g/mol. The van der Waals surface area contributed by atoms with Gasteiger partial charge in [-0.1, -0.05) is 41.1 Å². The Bertz CT molecular complexity index is 682. The second-order valence-electron chi connectivity index (χ2n) is 6.31. The van der Waals surface area contributed by atoms with Crippen LogP contribution in [0.2, 0.25) is 0 Å². The Kier molecular flexibility index (Phi) is 8.15. The van der Waals surface area contributed by atoms with Gasteiger partial charge in [0.2, 0.25) is 0 Å². The Labute approximate surface area is 172 Å². The summed E-state index contributed by atoms with van der Waals surface area (Å²) in [7, 11) is 0. The number of alkyl halides is 1. The van der Waals surface area contributed by atoms with Gasteiger partial charge >= 0.3 is 11.9 Å². The van der Waals surface area contributed by atoms with Crippen LogP contribution < -0.4 is 0 Å². The zero-order valence-corrected chi connectivity index (χ0v) is 18.2. The van der Waals surface area contributed by atoms with Crippen LogP contribution in [0.25, 0.3) is 0 Å². The van der Waals surface area contributed by atoms with Crippen LogP contribution in [0.5, 0.6) is 0 Å². The number of aryl methyl sites for hydroxylation is 1. The molecule has 0 amide bonds. The first-order chi connectivity index (χ1) is 12.8. The number of hydrogen-bond donors (Lipinski definition) is 1. The summed E-state index contributed by atoms with van der Waals surface area (Å²) < 4.78 is 16.8. The van der Waals surface area contributed by atoms with E-state index in [4.69, 9.17) is 14.2 Å². The second-order valence-corrected chi connectivity index (χ2v) is 7.81. The number of thioether (sulfide) groups is 1. The van der Waals surface area contributed by atoms with Gasteiger partial charge in [0.15, 0.2) is 12.2 Å². The normalized spacial score (nSPS) is 27.9. The van der Waals surface area contributed by atoms with Crippen molar-refractivity contribution in [3.05, 3.63) is 34.9 Å². The van der Waals surface area contributed by atoms with Crippen molar-refractivity contribution in [3.8, 4) is 0 Å². The molecule has 1 aliphatic rings. The molecule has 1 aliphatic heterocycles. The Morgan fingerprint density at radius 1 is 1.19 bits per heavy atom. The highest BCUT2D eigenvalue weighted by atomic mass is 79.9.